The number of nitrogens with two attached hydrogens (primary N) is 1. The van der Waals surface area contributed by atoms with Crippen LogP contribution >= 0.6 is 22.6 Å². The molecule has 0 spiro atoms. The van der Waals surface area contributed by atoms with Crippen molar-refractivity contribution in [2.45, 2.75) is 33.3 Å². The van der Waals surface area contributed by atoms with Crippen LogP contribution in [0.2, 0.25) is 0 Å². The van der Waals surface area contributed by atoms with Crippen molar-refractivity contribution in [1.82, 2.24) is 9.97 Å². The summed E-state index contributed by atoms with van der Waals surface area (Å²) < 4.78 is 7.24. The molecule has 3 aromatic carbocycles. The number of hydrogen-bond donors (Lipinski definition) is 1. The second-order valence-electron chi connectivity index (χ2n) is 8.76. The van der Waals surface area contributed by atoms with Gasteiger partial charge in [-0.25, -0.2) is 4.98 Å². The molecule has 34 heavy (non-hydrogen) atoms. The topological polar surface area (TPSA) is 61.0 Å². The number of aryl methyl sites for hydroxylation is 4. The second kappa shape index (κ2) is 9.58. The number of anilines is 1. The predicted octanol–water partition coefficient (Wildman–Crippen LogP) is 6.95. The molecule has 4 nitrogen and oxygen atoms in total. The first-order valence-electron chi connectivity index (χ1n) is 11.4. The third-order valence-electron chi connectivity index (χ3n) is 6.16. The predicted molar refractivity (Wildman–Crippen MR) is 148 cm³/mol. The maximum atomic E-state index is 6.20. The lowest BCUT2D eigenvalue weighted by Gasteiger charge is -2.12. The molecule has 2 N–H and O–H groups in total. The fraction of sp³-hybridized carbons (Fsp3) is 0.172. The van der Waals surface area contributed by atoms with Gasteiger partial charge in [-0.3, -0.25) is 4.98 Å². The standard InChI is InChI=1S/C29H26IN3O/c1-18-6-11-25-26-15-20(16-32-28(26)29(31)33-27(25)12-18)7-8-22-9-10-24(13-19(22)2)34-17-21-4-3-5-23(30)14-21/h3-6,9-16H,7-8,17H2,1-2H3,(H2,31,33). The summed E-state index contributed by atoms with van der Waals surface area (Å²) in [6.07, 6.45) is 3.77. The number of benzene rings is 3. The zero-order valence-electron chi connectivity index (χ0n) is 19.3. The van der Waals surface area contributed by atoms with Crippen LogP contribution in [0.25, 0.3) is 21.8 Å². The van der Waals surface area contributed by atoms with Crippen molar-refractivity contribution < 1.29 is 4.74 Å². The van der Waals surface area contributed by atoms with Gasteiger partial charge in [0.2, 0.25) is 0 Å². The van der Waals surface area contributed by atoms with E-state index in [1.54, 1.807) is 0 Å². The third kappa shape index (κ3) is 4.85. The van der Waals surface area contributed by atoms with Crippen LogP contribution < -0.4 is 10.5 Å². The maximum absolute atomic E-state index is 6.20. The van der Waals surface area contributed by atoms with Crippen molar-refractivity contribution in [2.75, 3.05) is 5.73 Å². The summed E-state index contributed by atoms with van der Waals surface area (Å²) in [5, 5.41) is 2.16. The van der Waals surface area contributed by atoms with Crippen LogP contribution in [0.15, 0.2) is 72.9 Å². The van der Waals surface area contributed by atoms with Crippen LogP contribution in [0.1, 0.15) is 27.8 Å². The number of fused-ring (bicyclic) bond motifs is 3. The van der Waals surface area contributed by atoms with Crippen molar-refractivity contribution >= 4 is 50.2 Å². The Morgan fingerprint density at radius 2 is 1.76 bits per heavy atom. The molecule has 0 amide bonds. The van der Waals surface area contributed by atoms with Gasteiger partial charge in [0.05, 0.1) is 5.52 Å². The van der Waals surface area contributed by atoms with E-state index in [-0.39, 0.29) is 0 Å². The summed E-state index contributed by atoms with van der Waals surface area (Å²) in [4.78, 5) is 9.20. The quantitative estimate of drug-likeness (QED) is 0.181. The Bertz CT molecular complexity index is 1510. The fourth-order valence-electron chi connectivity index (χ4n) is 4.31. The number of halogens is 1. The Balaban J connectivity index is 1.32. The smallest absolute Gasteiger partial charge is 0.150 e. The molecule has 0 aliphatic rings. The average Bonchev–Trinajstić information content (AvgIpc) is 2.82. The number of rotatable bonds is 6. The van der Waals surface area contributed by atoms with Gasteiger partial charge in [-0.1, -0.05) is 30.3 Å². The van der Waals surface area contributed by atoms with E-state index in [0.29, 0.717) is 12.4 Å². The van der Waals surface area contributed by atoms with Crippen LogP contribution in [0, 0.1) is 17.4 Å². The van der Waals surface area contributed by atoms with Crippen molar-refractivity contribution in [3.63, 3.8) is 0 Å². The van der Waals surface area contributed by atoms with Crippen LogP contribution in [-0.2, 0) is 19.4 Å². The molecule has 5 heteroatoms. The summed E-state index contributed by atoms with van der Waals surface area (Å²) in [5.41, 5.74) is 14.0. The zero-order valence-corrected chi connectivity index (χ0v) is 21.5. The minimum Gasteiger partial charge on any atom is -0.489 e. The first-order chi connectivity index (χ1) is 16.5. The number of nitrogen functional groups attached to an aromatic ring is 1. The number of aromatic nitrogens is 2. The van der Waals surface area contributed by atoms with Gasteiger partial charge in [0.1, 0.15) is 17.9 Å². The van der Waals surface area contributed by atoms with Gasteiger partial charge in [0.25, 0.3) is 0 Å². The number of nitrogens with zero attached hydrogens (tertiary/aromatic N) is 2. The first-order valence-corrected chi connectivity index (χ1v) is 12.5. The molecule has 170 valence electrons. The zero-order chi connectivity index (χ0) is 23.7. The Morgan fingerprint density at radius 1 is 0.882 bits per heavy atom. The first kappa shape index (κ1) is 22.6. The lowest BCUT2D eigenvalue weighted by atomic mass is 9.99. The number of hydrogen-bond acceptors (Lipinski definition) is 4. The van der Waals surface area contributed by atoms with E-state index in [2.05, 4.69) is 113 Å². The van der Waals surface area contributed by atoms with Crippen LogP contribution in [0.3, 0.4) is 0 Å². The second-order valence-corrected chi connectivity index (χ2v) is 10.0. The van der Waals surface area contributed by atoms with Gasteiger partial charge in [0.15, 0.2) is 5.82 Å². The number of ether oxygens (including phenoxy) is 1. The van der Waals surface area contributed by atoms with Crippen LogP contribution in [-0.4, -0.2) is 9.97 Å². The molecule has 5 rings (SSSR count). The largest absolute Gasteiger partial charge is 0.489 e. The Hall–Kier alpha value is -3.19. The van der Waals surface area contributed by atoms with Crippen molar-refractivity contribution in [3.05, 3.63) is 104 Å². The summed E-state index contributed by atoms with van der Waals surface area (Å²) >= 11 is 2.33. The monoisotopic (exact) mass is 559 g/mol. The molecule has 0 saturated heterocycles. The highest BCUT2D eigenvalue weighted by molar-refractivity contribution is 14.1. The Kier molecular flexibility index (Phi) is 6.37. The minimum atomic E-state index is 0.483. The van der Waals surface area contributed by atoms with Crippen molar-refractivity contribution in [1.29, 1.82) is 0 Å². The maximum Gasteiger partial charge on any atom is 0.150 e. The third-order valence-corrected chi connectivity index (χ3v) is 6.83. The summed E-state index contributed by atoms with van der Waals surface area (Å²) in [6, 6.07) is 23.3. The summed E-state index contributed by atoms with van der Waals surface area (Å²) in [5.74, 6) is 1.38. The van der Waals surface area contributed by atoms with Crippen molar-refractivity contribution in [3.8, 4) is 5.75 Å². The molecule has 0 unspecified atom stereocenters. The van der Waals surface area contributed by atoms with Crippen LogP contribution in [0.5, 0.6) is 5.75 Å². The van der Waals surface area contributed by atoms with E-state index in [1.165, 1.54) is 31.4 Å². The molecule has 0 bridgehead atoms. The molecule has 0 aliphatic carbocycles. The molecule has 5 aromatic rings. The van der Waals surface area contributed by atoms with E-state index < -0.39 is 0 Å². The highest BCUT2D eigenvalue weighted by Gasteiger charge is 2.10. The van der Waals surface area contributed by atoms with E-state index >= 15 is 0 Å². The lowest BCUT2D eigenvalue weighted by molar-refractivity contribution is 0.306. The molecular weight excluding hydrogens is 533 g/mol. The number of pyridine rings is 2. The minimum absolute atomic E-state index is 0.483. The SMILES string of the molecule is Cc1ccc2c(c1)nc(N)c1ncc(CCc3ccc(OCc4cccc(I)c4)cc3C)cc12. The molecule has 0 radical (unpaired) electrons. The Morgan fingerprint density at radius 3 is 2.59 bits per heavy atom. The molecule has 0 atom stereocenters. The van der Waals surface area contributed by atoms with Gasteiger partial charge < -0.3 is 10.5 Å². The molecule has 0 aliphatic heterocycles. The molecular formula is C29H26IN3O. The van der Waals surface area contributed by atoms with Crippen LogP contribution in [0.4, 0.5) is 5.82 Å². The molecule has 2 heterocycles. The highest BCUT2D eigenvalue weighted by Crippen LogP contribution is 2.28. The van der Waals surface area contributed by atoms with Gasteiger partial charge in [-0.15, -0.1) is 0 Å². The summed E-state index contributed by atoms with van der Waals surface area (Å²) in [6.45, 7) is 4.79. The highest BCUT2D eigenvalue weighted by atomic mass is 127. The lowest BCUT2D eigenvalue weighted by Crippen LogP contribution is -2.00. The van der Waals surface area contributed by atoms with Gasteiger partial charge >= 0.3 is 0 Å². The van der Waals surface area contributed by atoms with E-state index in [9.17, 15) is 0 Å². The van der Waals surface area contributed by atoms with Crippen molar-refractivity contribution in [2.24, 2.45) is 0 Å². The summed E-state index contributed by atoms with van der Waals surface area (Å²) in [7, 11) is 0. The molecule has 0 saturated carbocycles. The Labute approximate surface area is 213 Å². The van der Waals surface area contributed by atoms with E-state index in [1.807, 2.05) is 6.20 Å². The van der Waals surface area contributed by atoms with Gasteiger partial charge in [-0.2, -0.15) is 0 Å². The van der Waals surface area contributed by atoms with Gasteiger partial charge in [-0.05, 0) is 113 Å². The molecule has 2 aromatic heterocycles. The average molecular weight is 559 g/mol. The van der Waals surface area contributed by atoms with E-state index in [0.717, 1.165) is 40.4 Å². The fourth-order valence-corrected chi connectivity index (χ4v) is 4.92. The van der Waals surface area contributed by atoms with Gasteiger partial charge in [0, 0.05) is 20.5 Å². The van der Waals surface area contributed by atoms with E-state index in [4.69, 9.17) is 10.5 Å². The normalized spacial score (nSPS) is 11.3. The molecule has 0 fully saturated rings.